The summed E-state index contributed by atoms with van der Waals surface area (Å²) in [6.45, 7) is 0. The van der Waals surface area contributed by atoms with Crippen LogP contribution in [0, 0.1) is 10.1 Å². The van der Waals surface area contributed by atoms with E-state index in [1.54, 1.807) is 56.8 Å². The zero-order chi connectivity index (χ0) is 15.9. The fraction of sp³-hybridized carbons (Fsp3) is 0.133. The lowest BCUT2D eigenvalue weighted by Gasteiger charge is -2.07. The lowest BCUT2D eigenvalue weighted by molar-refractivity contribution is -0.384. The van der Waals surface area contributed by atoms with Crippen LogP contribution in [0.3, 0.4) is 0 Å². The van der Waals surface area contributed by atoms with Crippen LogP contribution >= 0.6 is 0 Å². The number of ether oxygens (including phenoxy) is 2. The van der Waals surface area contributed by atoms with E-state index in [1.807, 2.05) is 0 Å². The van der Waals surface area contributed by atoms with E-state index in [0.717, 1.165) is 5.56 Å². The fourth-order valence-electron chi connectivity index (χ4n) is 1.84. The second-order valence-corrected chi connectivity index (χ2v) is 4.26. The average Bonchev–Trinajstić information content (AvgIpc) is 2.55. The minimum absolute atomic E-state index is 0.0352. The number of methoxy groups -OCH3 is 2. The van der Waals surface area contributed by atoms with E-state index in [1.165, 1.54) is 6.07 Å². The molecular weight excluding hydrogens is 286 g/mol. The number of rotatable bonds is 6. The molecule has 0 aliphatic heterocycles. The summed E-state index contributed by atoms with van der Waals surface area (Å²) in [5.74, 6) is 1.20. The highest BCUT2D eigenvalue weighted by Gasteiger charge is 2.11. The molecule has 0 unspecified atom stereocenters. The highest BCUT2D eigenvalue weighted by Crippen LogP contribution is 2.27. The topological polar surface area (TPSA) is 86.0 Å². The molecule has 1 N–H and O–H groups in total. The number of nitrogens with zero attached hydrogens (tertiary/aromatic N) is 2. The SMILES string of the molecule is COc1ccc(/C=N/Nc2ccccc2[N+](=O)[O-])cc1OC. The Bertz CT molecular complexity index is 701. The number of nitro groups is 1. The first-order chi connectivity index (χ1) is 10.7. The maximum Gasteiger partial charge on any atom is 0.294 e. The molecule has 0 aromatic heterocycles. The van der Waals surface area contributed by atoms with E-state index >= 15 is 0 Å². The predicted molar refractivity (Wildman–Crippen MR) is 83.9 cm³/mol. The monoisotopic (exact) mass is 301 g/mol. The molecule has 22 heavy (non-hydrogen) atoms. The molecule has 7 heteroatoms. The van der Waals surface area contributed by atoms with Gasteiger partial charge in [-0.15, -0.1) is 0 Å². The Morgan fingerprint density at radius 1 is 1.14 bits per heavy atom. The van der Waals surface area contributed by atoms with Gasteiger partial charge in [-0.25, -0.2) is 0 Å². The van der Waals surface area contributed by atoms with Gasteiger partial charge in [0, 0.05) is 6.07 Å². The Morgan fingerprint density at radius 2 is 1.86 bits per heavy atom. The Hall–Kier alpha value is -3.09. The zero-order valence-corrected chi connectivity index (χ0v) is 12.1. The third-order valence-electron chi connectivity index (χ3n) is 2.91. The van der Waals surface area contributed by atoms with Gasteiger partial charge < -0.3 is 9.47 Å². The minimum atomic E-state index is -0.464. The lowest BCUT2D eigenvalue weighted by atomic mass is 10.2. The van der Waals surface area contributed by atoms with Gasteiger partial charge in [0.15, 0.2) is 11.5 Å². The number of benzene rings is 2. The third kappa shape index (κ3) is 3.51. The fourth-order valence-corrected chi connectivity index (χ4v) is 1.84. The summed E-state index contributed by atoms with van der Waals surface area (Å²) in [4.78, 5) is 10.4. The summed E-state index contributed by atoms with van der Waals surface area (Å²) >= 11 is 0. The van der Waals surface area contributed by atoms with Crippen molar-refractivity contribution in [1.29, 1.82) is 0 Å². The average molecular weight is 301 g/mol. The van der Waals surface area contributed by atoms with E-state index in [0.29, 0.717) is 17.2 Å². The second-order valence-electron chi connectivity index (χ2n) is 4.26. The van der Waals surface area contributed by atoms with Crippen molar-refractivity contribution in [3.05, 3.63) is 58.1 Å². The van der Waals surface area contributed by atoms with E-state index in [4.69, 9.17) is 9.47 Å². The molecule has 2 aromatic rings. The van der Waals surface area contributed by atoms with Gasteiger partial charge in [0.2, 0.25) is 0 Å². The van der Waals surface area contributed by atoms with Gasteiger partial charge in [0.25, 0.3) is 5.69 Å². The Kier molecular flexibility index (Phi) is 4.92. The van der Waals surface area contributed by atoms with E-state index in [-0.39, 0.29) is 5.69 Å². The van der Waals surface area contributed by atoms with Crippen molar-refractivity contribution in [1.82, 2.24) is 0 Å². The first-order valence-corrected chi connectivity index (χ1v) is 6.40. The van der Waals surface area contributed by atoms with Gasteiger partial charge >= 0.3 is 0 Å². The van der Waals surface area contributed by atoms with Gasteiger partial charge in [-0.05, 0) is 29.8 Å². The molecule has 0 saturated carbocycles. The quantitative estimate of drug-likeness (QED) is 0.503. The molecule has 0 amide bonds. The molecule has 2 aromatic carbocycles. The summed E-state index contributed by atoms with van der Waals surface area (Å²) in [6, 6.07) is 11.6. The standard InChI is InChI=1S/C15H15N3O4/c1-21-14-8-7-11(9-15(14)22-2)10-16-17-12-5-3-4-6-13(12)18(19)20/h3-10,17H,1-2H3/b16-10+. The maximum absolute atomic E-state index is 10.9. The van der Waals surface area contributed by atoms with Crippen molar-refractivity contribution in [2.45, 2.75) is 0 Å². The van der Waals surface area contributed by atoms with Crippen LogP contribution in [0.4, 0.5) is 11.4 Å². The molecule has 0 fully saturated rings. The molecule has 0 radical (unpaired) electrons. The molecule has 0 spiro atoms. The second kappa shape index (κ2) is 7.07. The molecular formula is C15H15N3O4. The van der Waals surface area contributed by atoms with Crippen LogP contribution in [-0.2, 0) is 0 Å². The molecule has 2 rings (SSSR count). The molecule has 0 atom stereocenters. The zero-order valence-electron chi connectivity index (χ0n) is 12.1. The summed E-state index contributed by atoms with van der Waals surface area (Å²) in [7, 11) is 3.10. The predicted octanol–water partition coefficient (Wildman–Crippen LogP) is 3.06. The molecule has 0 aliphatic rings. The normalized spacial score (nSPS) is 10.5. The van der Waals surface area contributed by atoms with Crippen molar-refractivity contribution in [2.24, 2.45) is 5.10 Å². The van der Waals surface area contributed by atoms with E-state index < -0.39 is 4.92 Å². The Morgan fingerprint density at radius 3 is 2.55 bits per heavy atom. The summed E-state index contributed by atoms with van der Waals surface area (Å²) < 4.78 is 10.3. The molecule has 7 nitrogen and oxygen atoms in total. The number of hydrazone groups is 1. The minimum Gasteiger partial charge on any atom is -0.493 e. The van der Waals surface area contributed by atoms with Crippen LogP contribution < -0.4 is 14.9 Å². The van der Waals surface area contributed by atoms with Crippen LogP contribution in [-0.4, -0.2) is 25.4 Å². The summed E-state index contributed by atoms with van der Waals surface area (Å²) in [5.41, 5.74) is 3.72. The molecule has 0 aliphatic carbocycles. The lowest BCUT2D eigenvalue weighted by Crippen LogP contribution is -1.97. The summed E-state index contributed by atoms with van der Waals surface area (Å²) in [6.07, 6.45) is 1.54. The van der Waals surface area contributed by atoms with E-state index in [9.17, 15) is 10.1 Å². The van der Waals surface area contributed by atoms with Gasteiger partial charge in [0.05, 0.1) is 25.4 Å². The Labute approximate surface area is 127 Å². The van der Waals surface area contributed by atoms with Crippen molar-refractivity contribution in [2.75, 3.05) is 19.6 Å². The molecule has 0 saturated heterocycles. The molecule has 114 valence electrons. The smallest absolute Gasteiger partial charge is 0.294 e. The van der Waals surface area contributed by atoms with Crippen molar-refractivity contribution < 1.29 is 14.4 Å². The number of hydrogen-bond acceptors (Lipinski definition) is 6. The van der Waals surface area contributed by atoms with Gasteiger partial charge in [0.1, 0.15) is 5.69 Å². The van der Waals surface area contributed by atoms with Crippen molar-refractivity contribution >= 4 is 17.6 Å². The van der Waals surface area contributed by atoms with E-state index in [2.05, 4.69) is 10.5 Å². The van der Waals surface area contributed by atoms with Gasteiger partial charge in [-0.3, -0.25) is 15.5 Å². The summed E-state index contributed by atoms with van der Waals surface area (Å²) in [5, 5.41) is 14.9. The number of para-hydroxylation sites is 2. The van der Waals surface area contributed by atoms with Crippen molar-refractivity contribution in [3.8, 4) is 11.5 Å². The molecule has 0 heterocycles. The first kappa shape index (κ1) is 15.3. The van der Waals surface area contributed by atoms with Crippen LogP contribution in [0.25, 0.3) is 0 Å². The largest absolute Gasteiger partial charge is 0.493 e. The number of anilines is 1. The number of hydrogen-bond donors (Lipinski definition) is 1. The van der Waals surface area contributed by atoms with Crippen molar-refractivity contribution in [3.63, 3.8) is 0 Å². The highest BCUT2D eigenvalue weighted by atomic mass is 16.6. The van der Waals surface area contributed by atoms with Crippen LogP contribution in [0.5, 0.6) is 11.5 Å². The third-order valence-corrected chi connectivity index (χ3v) is 2.91. The highest BCUT2D eigenvalue weighted by molar-refractivity contribution is 5.81. The Balaban J connectivity index is 2.15. The van der Waals surface area contributed by atoms with Crippen LogP contribution in [0.1, 0.15) is 5.56 Å². The number of nitro benzene ring substituents is 1. The van der Waals surface area contributed by atoms with Gasteiger partial charge in [-0.2, -0.15) is 5.10 Å². The molecule has 0 bridgehead atoms. The van der Waals surface area contributed by atoms with Crippen LogP contribution in [0.15, 0.2) is 47.6 Å². The van der Waals surface area contributed by atoms with Crippen LogP contribution in [0.2, 0.25) is 0 Å². The first-order valence-electron chi connectivity index (χ1n) is 6.40. The number of nitrogens with one attached hydrogen (secondary N) is 1. The van der Waals surface area contributed by atoms with Gasteiger partial charge in [-0.1, -0.05) is 12.1 Å². The maximum atomic E-state index is 10.9.